The molecule has 0 radical (unpaired) electrons. The van der Waals surface area contributed by atoms with Crippen molar-refractivity contribution in [2.75, 3.05) is 23.9 Å². The van der Waals surface area contributed by atoms with Crippen molar-refractivity contribution in [3.05, 3.63) is 0 Å². The highest BCUT2D eigenvalue weighted by atomic mass is 79.9. The van der Waals surface area contributed by atoms with Crippen molar-refractivity contribution in [3.63, 3.8) is 0 Å². The largest absolute Gasteiger partial charge is 0.381 e. The number of halogens is 2. The maximum atomic E-state index is 5.59. The van der Waals surface area contributed by atoms with Gasteiger partial charge in [0.1, 0.15) is 0 Å². The van der Waals surface area contributed by atoms with Gasteiger partial charge in [0.2, 0.25) is 0 Å². The minimum Gasteiger partial charge on any atom is -0.381 e. The van der Waals surface area contributed by atoms with Gasteiger partial charge in [0.15, 0.2) is 0 Å². The predicted octanol–water partition coefficient (Wildman–Crippen LogP) is 4.38. The van der Waals surface area contributed by atoms with Gasteiger partial charge < -0.3 is 4.74 Å². The molecule has 0 spiro atoms. The first-order chi connectivity index (χ1) is 6.74. The van der Waals surface area contributed by atoms with Crippen LogP contribution in [0.4, 0.5) is 0 Å². The van der Waals surface area contributed by atoms with Crippen LogP contribution in [0.3, 0.4) is 0 Å². The van der Waals surface area contributed by atoms with E-state index in [9.17, 15) is 0 Å². The molecule has 1 nitrogen and oxygen atoms in total. The van der Waals surface area contributed by atoms with Crippen molar-refractivity contribution >= 4 is 31.9 Å². The minimum atomic E-state index is 0.381. The van der Waals surface area contributed by atoms with E-state index in [0.29, 0.717) is 5.41 Å². The zero-order valence-electron chi connectivity index (χ0n) is 9.32. The van der Waals surface area contributed by atoms with Gasteiger partial charge in [-0.15, -0.1) is 0 Å². The first-order valence-electron chi connectivity index (χ1n) is 5.44. The van der Waals surface area contributed by atoms with Crippen molar-refractivity contribution in [3.8, 4) is 0 Å². The molecule has 0 aromatic carbocycles. The lowest BCUT2D eigenvalue weighted by Crippen LogP contribution is -2.25. The third kappa shape index (κ3) is 5.72. The number of ether oxygens (including phenoxy) is 1. The Kier molecular flexibility index (Phi) is 9.77. The zero-order valence-corrected chi connectivity index (χ0v) is 12.5. The molecule has 0 aliphatic heterocycles. The maximum Gasteiger partial charge on any atom is 0.0471 e. The molecular weight excluding hydrogens is 308 g/mol. The SMILES string of the molecule is CCCCOCCC(CC)(CBr)CBr. The van der Waals surface area contributed by atoms with Crippen LogP contribution in [0.5, 0.6) is 0 Å². The van der Waals surface area contributed by atoms with Gasteiger partial charge >= 0.3 is 0 Å². The van der Waals surface area contributed by atoms with Gasteiger partial charge in [0.05, 0.1) is 0 Å². The minimum absolute atomic E-state index is 0.381. The van der Waals surface area contributed by atoms with E-state index in [1.54, 1.807) is 0 Å². The third-order valence-electron chi connectivity index (χ3n) is 2.74. The fraction of sp³-hybridized carbons (Fsp3) is 1.00. The average Bonchev–Trinajstić information content (AvgIpc) is 2.24. The first-order valence-corrected chi connectivity index (χ1v) is 7.68. The Morgan fingerprint density at radius 2 is 1.71 bits per heavy atom. The quantitative estimate of drug-likeness (QED) is 0.450. The van der Waals surface area contributed by atoms with Crippen molar-refractivity contribution in [1.82, 2.24) is 0 Å². The molecule has 0 aromatic rings. The average molecular weight is 330 g/mol. The summed E-state index contributed by atoms with van der Waals surface area (Å²) in [6, 6.07) is 0. The van der Waals surface area contributed by atoms with E-state index in [-0.39, 0.29) is 0 Å². The summed E-state index contributed by atoms with van der Waals surface area (Å²) < 4.78 is 5.59. The predicted molar refractivity (Wildman–Crippen MR) is 70.7 cm³/mol. The van der Waals surface area contributed by atoms with E-state index in [4.69, 9.17) is 4.74 Å². The fourth-order valence-corrected chi connectivity index (χ4v) is 3.45. The molecule has 0 aromatic heterocycles. The lowest BCUT2D eigenvalue weighted by Gasteiger charge is -2.28. The lowest BCUT2D eigenvalue weighted by molar-refractivity contribution is 0.103. The van der Waals surface area contributed by atoms with Crippen LogP contribution in [0.2, 0.25) is 0 Å². The van der Waals surface area contributed by atoms with Crippen LogP contribution >= 0.6 is 31.9 Å². The molecule has 0 N–H and O–H groups in total. The second kappa shape index (κ2) is 9.17. The highest BCUT2D eigenvalue weighted by Gasteiger charge is 2.24. The summed E-state index contributed by atoms with van der Waals surface area (Å²) in [5.74, 6) is 0. The van der Waals surface area contributed by atoms with E-state index in [1.165, 1.54) is 19.3 Å². The second-order valence-electron chi connectivity index (χ2n) is 3.84. The standard InChI is InChI=1S/C11H22Br2O/c1-3-5-7-14-8-6-11(4-2,9-12)10-13/h3-10H2,1-2H3. The van der Waals surface area contributed by atoms with Crippen molar-refractivity contribution in [1.29, 1.82) is 0 Å². The highest BCUT2D eigenvalue weighted by Crippen LogP contribution is 2.31. The lowest BCUT2D eigenvalue weighted by atomic mass is 9.87. The van der Waals surface area contributed by atoms with E-state index in [1.807, 2.05) is 0 Å². The number of alkyl halides is 2. The second-order valence-corrected chi connectivity index (χ2v) is 4.96. The van der Waals surface area contributed by atoms with Crippen LogP contribution in [0.15, 0.2) is 0 Å². The molecule has 0 atom stereocenters. The van der Waals surface area contributed by atoms with Crippen molar-refractivity contribution in [2.24, 2.45) is 5.41 Å². The molecule has 0 fully saturated rings. The van der Waals surface area contributed by atoms with Crippen LogP contribution in [-0.2, 0) is 4.74 Å². The van der Waals surface area contributed by atoms with E-state index in [0.717, 1.165) is 30.3 Å². The summed E-state index contributed by atoms with van der Waals surface area (Å²) in [7, 11) is 0. The van der Waals surface area contributed by atoms with E-state index >= 15 is 0 Å². The Balaban J connectivity index is 3.61. The molecule has 0 saturated carbocycles. The molecule has 0 rings (SSSR count). The van der Waals surface area contributed by atoms with Gasteiger partial charge in [-0.05, 0) is 24.7 Å². The van der Waals surface area contributed by atoms with Crippen molar-refractivity contribution in [2.45, 2.75) is 39.5 Å². The molecular formula is C11H22Br2O. The molecule has 14 heavy (non-hydrogen) atoms. The van der Waals surface area contributed by atoms with Gasteiger partial charge in [-0.1, -0.05) is 52.1 Å². The molecule has 0 aliphatic rings. The van der Waals surface area contributed by atoms with Gasteiger partial charge in [0.25, 0.3) is 0 Å². The van der Waals surface area contributed by atoms with Gasteiger partial charge in [-0.25, -0.2) is 0 Å². The van der Waals surface area contributed by atoms with E-state index in [2.05, 4.69) is 45.7 Å². The maximum absolute atomic E-state index is 5.59. The molecule has 3 heteroatoms. The Bertz CT molecular complexity index is 116. The third-order valence-corrected chi connectivity index (χ3v) is 5.11. The van der Waals surface area contributed by atoms with Crippen molar-refractivity contribution < 1.29 is 4.74 Å². The smallest absolute Gasteiger partial charge is 0.0471 e. The Morgan fingerprint density at radius 1 is 1.07 bits per heavy atom. The van der Waals surface area contributed by atoms with Crippen LogP contribution in [0.25, 0.3) is 0 Å². The van der Waals surface area contributed by atoms with E-state index < -0.39 is 0 Å². The molecule has 0 aliphatic carbocycles. The Hall–Kier alpha value is 0.920. The summed E-state index contributed by atoms with van der Waals surface area (Å²) in [6.07, 6.45) is 4.74. The monoisotopic (exact) mass is 328 g/mol. The number of hydrogen-bond donors (Lipinski definition) is 0. The Labute approximate surface area is 105 Å². The molecule has 0 unspecified atom stereocenters. The first kappa shape index (κ1) is 14.9. The number of hydrogen-bond acceptors (Lipinski definition) is 1. The molecule has 0 amide bonds. The van der Waals surface area contributed by atoms with Gasteiger partial charge in [-0.2, -0.15) is 0 Å². The van der Waals surface area contributed by atoms with Crippen LogP contribution in [0.1, 0.15) is 39.5 Å². The molecule has 0 heterocycles. The molecule has 86 valence electrons. The van der Waals surface area contributed by atoms with Gasteiger partial charge in [0, 0.05) is 23.9 Å². The topological polar surface area (TPSA) is 9.23 Å². The normalized spacial score (nSPS) is 12.0. The fourth-order valence-electron chi connectivity index (χ4n) is 1.17. The zero-order chi connectivity index (χ0) is 10.9. The van der Waals surface area contributed by atoms with Gasteiger partial charge in [-0.3, -0.25) is 0 Å². The molecule has 0 saturated heterocycles. The summed E-state index contributed by atoms with van der Waals surface area (Å²) >= 11 is 7.18. The summed E-state index contributed by atoms with van der Waals surface area (Å²) in [6.45, 7) is 6.25. The molecule has 0 bridgehead atoms. The Morgan fingerprint density at radius 3 is 2.14 bits per heavy atom. The number of rotatable bonds is 9. The van der Waals surface area contributed by atoms with Crippen LogP contribution < -0.4 is 0 Å². The van der Waals surface area contributed by atoms with Crippen LogP contribution in [-0.4, -0.2) is 23.9 Å². The number of unbranched alkanes of at least 4 members (excludes halogenated alkanes) is 1. The summed E-state index contributed by atoms with van der Waals surface area (Å²) in [4.78, 5) is 0. The summed E-state index contributed by atoms with van der Waals surface area (Å²) in [5, 5.41) is 2.11. The summed E-state index contributed by atoms with van der Waals surface area (Å²) in [5.41, 5.74) is 0.381. The van der Waals surface area contributed by atoms with Crippen LogP contribution in [0, 0.1) is 5.41 Å². The highest BCUT2D eigenvalue weighted by molar-refractivity contribution is 9.09.